The first-order chi connectivity index (χ1) is 11.1. The third-order valence-corrected chi connectivity index (χ3v) is 4.87. The Kier molecular flexibility index (Phi) is 5.12. The van der Waals surface area contributed by atoms with Gasteiger partial charge in [0.25, 0.3) is 0 Å². The van der Waals surface area contributed by atoms with Crippen LogP contribution in [0, 0.1) is 6.92 Å². The molecule has 0 amide bonds. The highest BCUT2D eigenvalue weighted by Gasteiger charge is 2.25. The zero-order valence-corrected chi connectivity index (χ0v) is 16.2. The van der Waals surface area contributed by atoms with E-state index in [0.29, 0.717) is 11.5 Å². The van der Waals surface area contributed by atoms with Gasteiger partial charge in [-0.05, 0) is 47.9 Å². The minimum Gasteiger partial charge on any atom is -0.478 e. The van der Waals surface area contributed by atoms with Crippen molar-refractivity contribution in [1.29, 1.82) is 0 Å². The van der Waals surface area contributed by atoms with Crippen molar-refractivity contribution in [3.05, 3.63) is 34.5 Å². The number of carboxylic acids is 1. The van der Waals surface area contributed by atoms with E-state index >= 15 is 0 Å². The lowest BCUT2D eigenvalue weighted by Gasteiger charge is -2.21. The number of aromatic carboxylic acids is 1. The van der Waals surface area contributed by atoms with Gasteiger partial charge in [0, 0.05) is 17.6 Å². The molecule has 0 spiro atoms. The van der Waals surface area contributed by atoms with E-state index in [1.165, 1.54) is 11.3 Å². The Morgan fingerprint density at radius 3 is 2.33 bits per heavy atom. The van der Waals surface area contributed by atoms with E-state index < -0.39 is 5.97 Å². The standard InChI is InChI=1S/C21H31NO2/c1-8-9-10-22-14(4)18(13(2)3)16-11-15(21(5,6)7)12-17(19(16)22)20(23)24/h11-13H,8-10H2,1-7H3,(H,23,24). The number of aryl methyl sites for hydroxylation is 1. The summed E-state index contributed by atoms with van der Waals surface area (Å²) in [5, 5.41) is 11.0. The van der Waals surface area contributed by atoms with Crippen molar-refractivity contribution in [3.63, 3.8) is 0 Å². The quantitative estimate of drug-likeness (QED) is 0.745. The predicted octanol–water partition coefficient (Wildman–Crippen LogP) is 5.87. The normalized spacial score (nSPS) is 12.3. The number of hydrogen-bond acceptors (Lipinski definition) is 1. The van der Waals surface area contributed by atoms with Crippen molar-refractivity contribution in [2.24, 2.45) is 0 Å². The molecular weight excluding hydrogens is 298 g/mol. The number of nitrogens with zero attached hydrogens (tertiary/aromatic N) is 1. The minimum absolute atomic E-state index is 0.0773. The molecule has 0 saturated carbocycles. The van der Waals surface area contributed by atoms with Crippen LogP contribution in [0.5, 0.6) is 0 Å². The highest BCUT2D eigenvalue weighted by molar-refractivity contribution is 6.04. The van der Waals surface area contributed by atoms with Crippen LogP contribution in [0.15, 0.2) is 12.1 Å². The second-order valence-corrected chi connectivity index (χ2v) is 8.13. The first kappa shape index (κ1) is 18.6. The van der Waals surface area contributed by atoms with Crippen LogP contribution in [0.3, 0.4) is 0 Å². The maximum Gasteiger partial charge on any atom is 0.337 e. The van der Waals surface area contributed by atoms with Crippen molar-refractivity contribution in [3.8, 4) is 0 Å². The van der Waals surface area contributed by atoms with E-state index in [0.717, 1.165) is 35.9 Å². The van der Waals surface area contributed by atoms with Crippen LogP contribution in [-0.2, 0) is 12.0 Å². The first-order valence-electron chi connectivity index (χ1n) is 9.00. The molecular formula is C21H31NO2. The topological polar surface area (TPSA) is 42.2 Å². The van der Waals surface area contributed by atoms with Gasteiger partial charge in [0.05, 0.1) is 11.1 Å². The van der Waals surface area contributed by atoms with Gasteiger partial charge in [-0.3, -0.25) is 0 Å². The summed E-state index contributed by atoms with van der Waals surface area (Å²) in [6.45, 7) is 16.0. The van der Waals surface area contributed by atoms with Crippen molar-refractivity contribution >= 4 is 16.9 Å². The van der Waals surface area contributed by atoms with E-state index in [2.05, 4.69) is 59.1 Å². The Morgan fingerprint density at radius 1 is 1.25 bits per heavy atom. The molecule has 0 aliphatic carbocycles. The van der Waals surface area contributed by atoms with Crippen molar-refractivity contribution in [2.75, 3.05) is 0 Å². The lowest BCUT2D eigenvalue weighted by atomic mass is 9.84. The summed E-state index contributed by atoms with van der Waals surface area (Å²) in [6, 6.07) is 4.09. The van der Waals surface area contributed by atoms with Crippen LogP contribution >= 0.6 is 0 Å². The molecule has 1 aromatic heterocycles. The second-order valence-electron chi connectivity index (χ2n) is 8.13. The maximum atomic E-state index is 12.0. The molecule has 0 atom stereocenters. The molecule has 24 heavy (non-hydrogen) atoms. The molecule has 132 valence electrons. The second kappa shape index (κ2) is 6.62. The zero-order valence-electron chi connectivity index (χ0n) is 16.2. The zero-order chi connectivity index (χ0) is 18.2. The molecule has 0 radical (unpaired) electrons. The van der Waals surface area contributed by atoms with Crippen LogP contribution in [0.2, 0.25) is 0 Å². The van der Waals surface area contributed by atoms with Crippen LogP contribution in [0.25, 0.3) is 10.9 Å². The average Bonchev–Trinajstić information content (AvgIpc) is 2.74. The summed E-state index contributed by atoms with van der Waals surface area (Å²) in [5.74, 6) is -0.469. The summed E-state index contributed by atoms with van der Waals surface area (Å²) < 4.78 is 2.23. The fraction of sp³-hybridized carbons (Fsp3) is 0.571. The SMILES string of the molecule is CCCCn1c(C)c(C(C)C)c2cc(C(C)(C)C)cc(C(=O)O)c21. The minimum atomic E-state index is -0.836. The number of carboxylic acid groups (broad SMARTS) is 1. The molecule has 0 bridgehead atoms. The van der Waals surface area contributed by atoms with E-state index in [1.54, 1.807) is 0 Å². The van der Waals surface area contributed by atoms with Gasteiger partial charge >= 0.3 is 5.97 Å². The molecule has 1 N–H and O–H groups in total. The number of unbranched alkanes of at least 4 members (excludes halogenated alkanes) is 1. The van der Waals surface area contributed by atoms with Crippen LogP contribution < -0.4 is 0 Å². The third-order valence-electron chi connectivity index (χ3n) is 4.87. The van der Waals surface area contributed by atoms with E-state index in [4.69, 9.17) is 0 Å². The number of carbonyl (C=O) groups is 1. The lowest BCUT2D eigenvalue weighted by Crippen LogP contribution is -2.13. The molecule has 1 aromatic carbocycles. The smallest absolute Gasteiger partial charge is 0.337 e. The van der Waals surface area contributed by atoms with E-state index in [9.17, 15) is 9.90 Å². The molecule has 3 heteroatoms. The van der Waals surface area contributed by atoms with E-state index in [1.807, 2.05) is 6.07 Å². The molecule has 2 rings (SSSR count). The van der Waals surface area contributed by atoms with Crippen molar-refractivity contribution in [1.82, 2.24) is 4.57 Å². The number of hydrogen-bond donors (Lipinski definition) is 1. The molecule has 1 heterocycles. The number of rotatable bonds is 5. The average molecular weight is 329 g/mol. The van der Waals surface area contributed by atoms with Gasteiger partial charge in [-0.1, -0.05) is 48.0 Å². The Labute approximate surface area is 145 Å². The fourth-order valence-corrected chi connectivity index (χ4v) is 3.56. The van der Waals surface area contributed by atoms with Gasteiger partial charge in [0.1, 0.15) is 0 Å². The molecule has 2 aromatic rings. The maximum absolute atomic E-state index is 12.0. The van der Waals surface area contributed by atoms with Gasteiger partial charge in [0.2, 0.25) is 0 Å². The van der Waals surface area contributed by atoms with Crippen LogP contribution in [0.1, 0.15) is 87.5 Å². The third kappa shape index (κ3) is 3.22. The molecule has 0 saturated heterocycles. The molecule has 0 aliphatic rings. The van der Waals surface area contributed by atoms with E-state index in [-0.39, 0.29) is 5.41 Å². The van der Waals surface area contributed by atoms with Gasteiger partial charge < -0.3 is 9.67 Å². The van der Waals surface area contributed by atoms with Gasteiger partial charge in [0.15, 0.2) is 0 Å². The largest absolute Gasteiger partial charge is 0.478 e. The summed E-state index contributed by atoms with van der Waals surface area (Å²) in [5.41, 5.74) is 4.83. The molecule has 3 nitrogen and oxygen atoms in total. The molecule has 0 unspecified atom stereocenters. The van der Waals surface area contributed by atoms with Gasteiger partial charge in [-0.2, -0.15) is 0 Å². The Balaban J connectivity index is 2.93. The summed E-state index contributed by atoms with van der Waals surface area (Å²) in [4.78, 5) is 12.0. The Hall–Kier alpha value is -1.77. The summed E-state index contributed by atoms with van der Waals surface area (Å²) >= 11 is 0. The van der Waals surface area contributed by atoms with Gasteiger partial charge in [-0.15, -0.1) is 0 Å². The Morgan fingerprint density at radius 2 is 1.88 bits per heavy atom. The Bertz CT molecular complexity index is 760. The molecule has 0 fully saturated rings. The highest BCUT2D eigenvalue weighted by Crippen LogP contribution is 2.37. The van der Waals surface area contributed by atoms with Crippen molar-refractivity contribution < 1.29 is 9.90 Å². The summed E-state index contributed by atoms with van der Waals surface area (Å²) in [7, 11) is 0. The lowest BCUT2D eigenvalue weighted by molar-refractivity contribution is 0.0698. The monoisotopic (exact) mass is 329 g/mol. The molecule has 0 aliphatic heterocycles. The summed E-state index contributed by atoms with van der Waals surface area (Å²) in [6.07, 6.45) is 2.15. The predicted molar refractivity (Wildman–Crippen MR) is 101 cm³/mol. The number of aromatic nitrogens is 1. The van der Waals surface area contributed by atoms with Crippen LogP contribution in [-0.4, -0.2) is 15.6 Å². The van der Waals surface area contributed by atoms with Gasteiger partial charge in [-0.25, -0.2) is 4.79 Å². The van der Waals surface area contributed by atoms with Crippen LogP contribution in [0.4, 0.5) is 0 Å². The number of fused-ring (bicyclic) bond motifs is 1. The first-order valence-corrected chi connectivity index (χ1v) is 9.00. The van der Waals surface area contributed by atoms with Crippen molar-refractivity contribution in [2.45, 2.75) is 79.2 Å². The fourth-order valence-electron chi connectivity index (χ4n) is 3.56. The highest BCUT2D eigenvalue weighted by atomic mass is 16.4. The number of benzene rings is 1.